The van der Waals surface area contributed by atoms with Crippen LogP contribution in [-0.2, 0) is 16.1 Å². The largest absolute Gasteiger partial charge is 0.376 e. The fraction of sp³-hybridized carbons (Fsp3) is 0.667. The summed E-state index contributed by atoms with van der Waals surface area (Å²) in [7, 11) is 0. The Balaban J connectivity index is 1.67. The SMILES string of the molecule is Clc1ncc(COCC2CCCO2)s1. The average Bonchev–Trinajstić information content (AvgIpc) is 2.77. The van der Waals surface area contributed by atoms with Gasteiger partial charge in [-0.3, -0.25) is 0 Å². The van der Waals surface area contributed by atoms with Gasteiger partial charge >= 0.3 is 0 Å². The van der Waals surface area contributed by atoms with Crippen molar-refractivity contribution >= 4 is 22.9 Å². The third-order valence-corrected chi connectivity index (χ3v) is 3.19. The smallest absolute Gasteiger partial charge is 0.183 e. The van der Waals surface area contributed by atoms with Crippen LogP contribution in [0, 0.1) is 0 Å². The van der Waals surface area contributed by atoms with Gasteiger partial charge in [0.1, 0.15) is 0 Å². The quantitative estimate of drug-likeness (QED) is 0.801. The number of ether oxygens (including phenoxy) is 2. The Kier molecular flexibility index (Phi) is 3.75. The number of halogens is 1. The van der Waals surface area contributed by atoms with Gasteiger partial charge in [0, 0.05) is 12.8 Å². The highest BCUT2D eigenvalue weighted by Gasteiger charge is 2.15. The maximum atomic E-state index is 5.69. The van der Waals surface area contributed by atoms with Crippen LogP contribution in [0.15, 0.2) is 6.20 Å². The summed E-state index contributed by atoms with van der Waals surface area (Å²) < 4.78 is 11.5. The summed E-state index contributed by atoms with van der Waals surface area (Å²) in [5.74, 6) is 0. The normalized spacial score (nSPS) is 21.6. The zero-order valence-electron chi connectivity index (χ0n) is 7.74. The van der Waals surface area contributed by atoms with E-state index in [0.29, 0.717) is 23.8 Å². The summed E-state index contributed by atoms with van der Waals surface area (Å²) in [6.45, 7) is 2.14. The lowest BCUT2D eigenvalue weighted by atomic mass is 10.2. The molecule has 14 heavy (non-hydrogen) atoms. The molecule has 1 aromatic rings. The van der Waals surface area contributed by atoms with E-state index in [0.717, 1.165) is 24.3 Å². The minimum atomic E-state index is 0.290. The van der Waals surface area contributed by atoms with Crippen LogP contribution in [-0.4, -0.2) is 24.3 Å². The third kappa shape index (κ3) is 2.92. The van der Waals surface area contributed by atoms with Crippen LogP contribution in [0.25, 0.3) is 0 Å². The number of hydrogen-bond donors (Lipinski definition) is 0. The molecule has 5 heteroatoms. The molecule has 78 valence electrons. The number of aromatic nitrogens is 1. The Morgan fingerprint density at radius 2 is 2.64 bits per heavy atom. The van der Waals surface area contributed by atoms with Crippen LogP contribution >= 0.6 is 22.9 Å². The molecule has 0 aliphatic carbocycles. The minimum absolute atomic E-state index is 0.290. The Morgan fingerprint density at radius 3 is 3.29 bits per heavy atom. The molecule has 1 unspecified atom stereocenters. The van der Waals surface area contributed by atoms with Crippen LogP contribution < -0.4 is 0 Å². The van der Waals surface area contributed by atoms with E-state index in [1.807, 2.05) is 0 Å². The van der Waals surface area contributed by atoms with Crippen LogP contribution in [0.5, 0.6) is 0 Å². The van der Waals surface area contributed by atoms with Crippen molar-refractivity contribution in [3.63, 3.8) is 0 Å². The molecule has 0 aromatic carbocycles. The second kappa shape index (κ2) is 5.07. The minimum Gasteiger partial charge on any atom is -0.376 e. The van der Waals surface area contributed by atoms with Gasteiger partial charge in [-0.05, 0) is 12.8 Å². The van der Waals surface area contributed by atoms with Gasteiger partial charge in [0.15, 0.2) is 4.47 Å². The van der Waals surface area contributed by atoms with E-state index in [9.17, 15) is 0 Å². The first-order valence-electron chi connectivity index (χ1n) is 4.64. The standard InChI is InChI=1S/C9H12ClNO2S/c10-9-11-4-8(14-9)6-12-5-7-2-1-3-13-7/h4,7H,1-3,5-6H2. The van der Waals surface area contributed by atoms with Gasteiger partial charge in [0.25, 0.3) is 0 Å². The molecular weight excluding hydrogens is 222 g/mol. The van der Waals surface area contributed by atoms with Crippen molar-refractivity contribution in [2.45, 2.75) is 25.6 Å². The van der Waals surface area contributed by atoms with E-state index in [1.54, 1.807) is 6.20 Å². The lowest BCUT2D eigenvalue weighted by Crippen LogP contribution is -2.13. The van der Waals surface area contributed by atoms with Crippen molar-refractivity contribution in [1.82, 2.24) is 4.98 Å². The summed E-state index contributed by atoms with van der Waals surface area (Å²) in [6, 6.07) is 0. The predicted octanol–water partition coefficient (Wildman–Crippen LogP) is 2.49. The predicted molar refractivity (Wildman–Crippen MR) is 55.8 cm³/mol. The molecule has 1 aliphatic rings. The molecule has 1 aliphatic heterocycles. The molecular formula is C9H12ClNO2S. The molecule has 0 N–H and O–H groups in total. The van der Waals surface area contributed by atoms with Crippen molar-refractivity contribution in [2.75, 3.05) is 13.2 Å². The number of rotatable bonds is 4. The summed E-state index contributed by atoms with van der Waals surface area (Å²) in [5.41, 5.74) is 0. The monoisotopic (exact) mass is 233 g/mol. The van der Waals surface area contributed by atoms with Crippen molar-refractivity contribution < 1.29 is 9.47 Å². The fourth-order valence-corrected chi connectivity index (χ4v) is 2.33. The fourth-order valence-electron chi connectivity index (χ4n) is 1.42. The second-order valence-electron chi connectivity index (χ2n) is 3.23. The van der Waals surface area contributed by atoms with E-state index in [4.69, 9.17) is 21.1 Å². The number of thiazole rings is 1. The van der Waals surface area contributed by atoms with Crippen molar-refractivity contribution in [2.24, 2.45) is 0 Å². The lowest BCUT2D eigenvalue weighted by Gasteiger charge is -2.08. The molecule has 0 spiro atoms. The molecule has 0 bridgehead atoms. The lowest BCUT2D eigenvalue weighted by molar-refractivity contribution is 0.0113. The zero-order valence-corrected chi connectivity index (χ0v) is 9.31. The highest BCUT2D eigenvalue weighted by atomic mass is 35.5. The molecule has 1 fully saturated rings. The highest BCUT2D eigenvalue weighted by Crippen LogP contribution is 2.19. The van der Waals surface area contributed by atoms with Gasteiger partial charge in [0.05, 0.1) is 24.2 Å². The second-order valence-corrected chi connectivity index (χ2v) is 4.93. The summed E-state index contributed by atoms with van der Waals surface area (Å²) in [5, 5.41) is 0. The molecule has 2 rings (SSSR count). The number of hydrogen-bond acceptors (Lipinski definition) is 4. The Hall–Kier alpha value is -0.160. The topological polar surface area (TPSA) is 31.4 Å². The van der Waals surface area contributed by atoms with E-state index >= 15 is 0 Å². The summed E-state index contributed by atoms with van der Waals surface area (Å²) in [4.78, 5) is 5.00. The van der Waals surface area contributed by atoms with Crippen LogP contribution in [0.3, 0.4) is 0 Å². The van der Waals surface area contributed by atoms with Crippen molar-refractivity contribution in [3.05, 3.63) is 15.5 Å². The highest BCUT2D eigenvalue weighted by molar-refractivity contribution is 7.15. The molecule has 1 atom stereocenters. The van der Waals surface area contributed by atoms with E-state index in [-0.39, 0.29) is 0 Å². The van der Waals surface area contributed by atoms with E-state index in [2.05, 4.69) is 4.98 Å². The van der Waals surface area contributed by atoms with Crippen LogP contribution in [0.2, 0.25) is 4.47 Å². The van der Waals surface area contributed by atoms with E-state index < -0.39 is 0 Å². The first kappa shape index (κ1) is 10.4. The molecule has 3 nitrogen and oxygen atoms in total. The Morgan fingerprint density at radius 1 is 1.71 bits per heavy atom. The molecule has 0 radical (unpaired) electrons. The Bertz CT molecular complexity index is 286. The average molecular weight is 234 g/mol. The van der Waals surface area contributed by atoms with Gasteiger partial charge in [-0.2, -0.15) is 0 Å². The maximum absolute atomic E-state index is 5.69. The molecule has 0 saturated carbocycles. The molecule has 1 aromatic heterocycles. The van der Waals surface area contributed by atoms with E-state index in [1.165, 1.54) is 11.3 Å². The Labute approximate surface area is 92.0 Å². The summed E-state index contributed by atoms with van der Waals surface area (Å²) >= 11 is 7.15. The molecule has 2 heterocycles. The van der Waals surface area contributed by atoms with Gasteiger partial charge in [-0.25, -0.2) is 4.98 Å². The van der Waals surface area contributed by atoms with Crippen molar-refractivity contribution in [3.8, 4) is 0 Å². The first-order chi connectivity index (χ1) is 6.84. The van der Waals surface area contributed by atoms with Gasteiger partial charge in [-0.15, -0.1) is 11.3 Å². The third-order valence-electron chi connectivity index (χ3n) is 2.10. The van der Waals surface area contributed by atoms with Crippen LogP contribution in [0.1, 0.15) is 17.7 Å². The maximum Gasteiger partial charge on any atom is 0.183 e. The number of nitrogens with zero attached hydrogens (tertiary/aromatic N) is 1. The van der Waals surface area contributed by atoms with Gasteiger partial charge in [0.2, 0.25) is 0 Å². The zero-order chi connectivity index (χ0) is 9.80. The van der Waals surface area contributed by atoms with Gasteiger partial charge in [-0.1, -0.05) is 11.6 Å². The van der Waals surface area contributed by atoms with Gasteiger partial charge < -0.3 is 9.47 Å². The summed E-state index contributed by atoms with van der Waals surface area (Å²) in [6.07, 6.45) is 4.31. The first-order valence-corrected chi connectivity index (χ1v) is 5.83. The van der Waals surface area contributed by atoms with Crippen LogP contribution in [0.4, 0.5) is 0 Å². The molecule has 0 amide bonds. The van der Waals surface area contributed by atoms with Crippen molar-refractivity contribution in [1.29, 1.82) is 0 Å². The molecule has 1 saturated heterocycles.